The third-order valence-electron chi connectivity index (χ3n) is 2.46. The zero-order valence-corrected chi connectivity index (χ0v) is 11.5. The Hall–Kier alpha value is -1.52. The van der Waals surface area contributed by atoms with Crippen LogP contribution in [0.5, 0.6) is 17.2 Å². The lowest BCUT2D eigenvalue weighted by atomic mass is 10.2. The highest BCUT2D eigenvalue weighted by atomic mass is 79.9. The summed E-state index contributed by atoms with van der Waals surface area (Å²) in [6.45, 7) is -0.0707. The molecule has 94 valence electrons. The molecule has 0 bridgehead atoms. The summed E-state index contributed by atoms with van der Waals surface area (Å²) in [5.41, 5.74) is 0.729. The van der Waals surface area contributed by atoms with Gasteiger partial charge in [-0.2, -0.15) is 0 Å². The van der Waals surface area contributed by atoms with Crippen LogP contribution in [0.4, 0.5) is 0 Å². The fraction of sp³-hybridized carbons (Fsp3) is 0.143. The fourth-order valence-corrected chi connectivity index (χ4v) is 1.97. The third-order valence-corrected chi connectivity index (χ3v) is 2.96. The zero-order chi connectivity index (χ0) is 13.0. The normalized spacial score (nSPS) is 10.2. The van der Waals surface area contributed by atoms with Crippen molar-refractivity contribution in [3.63, 3.8) is 0 Å². The lowest BCUT2D eigenvalue weighted by molar-refractivity contribution is 0.276. The number of methoxy groups -OCH3 is 1. The van der Waals surface area contributed by atoms with E-state index in [4.69, 9.17) is 9.47 Å². The van der Waals surface area contributed by atoms with Crippen molar-refractivity contribution in [2.75, 3.05) is 7.11 Å². The van der Waals surface area contributed by atoms with Crippen LogP contribution < -0.4 is 9.47 Å². The summed E-state index contributed by atoms with van der Waals surface area (Å²) in [5.74, 6) is 2.04. The van der Waals surface area contributed by atoms with Gasteiger partial charge in [-0.3, -0.25) is 0 Å². The Bertz CT molecular complexity index is 540. The second-order valence-electron chi connectivity index (χ2n) is 3.69. The Morgan fingerprint density at radius 1 is 1.11 bits per heavy atom. The molecule has 0 heterocycles. The number of hydrogen-bond acceptors (Lipinski definition) is 3. The summed E-state index contributed by atoms with van der Waals surface area (Å²) in [6, 6.07) is 12.8. The van der Waals surface area contributed by atoms with Crippen LogP contribution in [-0.2, 0) is 6.61 Å². The number of benzene rings is 2. The fourth-order valence-electron chi connectivity index (χ4n) is 1.56. The maximum atomic E-state index is 9.30. The molecule has 18 heavy (non-hydrogen) atoms. The summed E-state index contributed by atoms with van der Waals surface area (Å²) >= 11 is 3.36. The SMILES string of the molecule is COc1cccc(Oc2ccc(Br)cc2CO)c1. The molecule has 0 aliphatic rings. The third kappa shape index (κ3) is 3.03. The highest BCUT2D eigenvalue weighted by Gasteiger charge is 2.05. The highest BCUT2D eigenvalue weighted by molar-refractivity contribution is 9.10. The first-order chi connectivity index (χ1) is 8.72. The Kier molecular flexibility index (Phi) is 4.23. The van der Waals surface area contributed by atoms with Crippen molar-refractivity contribution in [1.82, 2.24) is 0 Å². The van der Waals surface area contributed by atoms with E-state index in [1.165, 1.54) is 0 Å². The first-order valence-electron chi connectivity index (χ1n) is 5.44. The second-order valence-corrected chi connectivity index (χ2v) is 4.61. The first kappa shape index (κ1) is 12.9. The van der Waals surface area contributed by atoms with E-state index in [-0.39, 0.29) is 6.61 Å². The quantitative estimate of drug-likeness (QED) is 0.935. The van der Waals surface area contributed by atoms with Gasteiger partial charge >= 0.3 is 0 Å². The Morgan fingerprint density at radius 3 is 2.61 bits per heavy atom. The van der Waals surface area contributed by atoms with E-state index >= 15 is 0 Å². The molecule has 0 saturated heterocycles. The molecule has 0 radical (unpaired) electrons. The molecule has 3 nitrogen and oxygen atoms in total. The minimum atomic E-state index is -0.0707. The standard InChI is InChI=1S/C14H13BrO3/c1-17-12-3-2-4-13(8-12)18-14-6-5-11(15)7-10(14)9-16/h2-8,16H,9H2,1H3. The van der Waals surface area contributed by atoms with E-state index in [9.17, 15) is 5.11 Å². The number of aliphatic hydroxyl groups excluding tert-OH is 1. The Morgan fingerprint density at radius 2 is 1.89 bits per heavy atom. The van der Waals surface area contributed by atoms with Crippen molar-refractivity contribution >= 4 is 15.9 Å². The van der Waals surface area contributed by atoms with Crippen LogP contribution >= 0.6 is 15.9 Å². The summed E-state index contributed by atoms with van der Waals surface area (Å²) in [7, 11) is 1.61. The molecule has 0 amide bonds. The predicted molar refractivity (Wildman–Crippen MR) is 73.1 cm³/mol. The van der Waals surface area contributed by atoms with Crippen LogP contribution in [0, 0.1) is 0 Å². The molecule has 0 aromatic heterocycles. The molecule has 0 fully saturated rings. The van der Waals surface area contributed by atoms with Crippen LogP contribution in [-0.4, -0.2) is 12.2 Å². The van der Waals surface area contributed by atoms with Crippen molar-refractivity contribution in [3.05, 3.63) is 52.5 Å². The Balaban J connectivity index is 2.27. The second kappa shape index (κ2) is 5.89. The maximum absolute atomic E-state index is 9.30. The van der Waals surface area contributed by atoms with Crippen LogP contribution in [0.2, 0.25) is 0 Å². The molecule has 0 saturated carbocycles. The summed E-state index contributed by atoms with van der Waals surface area (Å²) in [5, 5.41) is 9.30. The lowest BCUT2D eigenvalue weighted by Crippen LogP contribution is -1.92. The van der Waals surface area contributed by atoms with Crippen LogP contribution in [0.25, 0.3) is 0 Å². The average molecular weight is 309 g/mol. The number of aliphatic hydroxyl groups is 1. The molecular weight excluding hydrogens is 296 g/mol. The monoisotopic (exact) mass is 308 g/mol. The van der Waals surface area contributed by atoms with Crippen LogP contribution in [0.15, 0.2) is 46.9 Å². The summed E-state index contributed by atoms with van der Waals surface area (Å²) < 4.78 is 11.8. The largest absolute Gasteiger partial charge is 0.497 e. The van der Waals surface area contributed by atoms with Gasteiger partial charge in [0.15, 0.2) is 0 Å². The molecule has 1 N–H and O–H groups in total. The van der Waals surface area contributed by atoms with Gasteiger partial charge in [-0.05, 0) is 30.3 Å². The molecule has 4 heteroatoms. The van der Waals surface area contributed by atoms with Crippen molar-refractivity contribution in [2.24, 2.45) is 0 Å². The predicted octanol–water partition coefficient (Wildman–Crippen LogP) is 3.74. The van der Waals surface area contributed by atoms with Gasteiger partial charge < -0.3 is 14.6 Å². The molecule has 0 spiro atoms. The number of hydrogen-bond donors (Lipinski definition) is 1. The summed E-state index contributed by atoms with van der Waals surface area (Å²) in [4.78, 5) is 0. The van der Waals surface area contributed by atoms with E-state index in [0.29, 0.717) is 11.5 Å². The average Bonchev–Trinajstić information content (AvgIpc) is 2.41. The lowest BCUT2D eigenvalue weighted by Gasteiger charge is -2.11. The van der Waals surface area contributed by atoms with Gasteiger partial charge in [-0.15, -0.1) is 0 Å². The minimum absolute atomic E-state index is 0.0707. The molecule has 0 aliphatic heterocycles. The van der Waals surface area contributed by atoms with Crippen LogP contribution in [0.1, 0.15) is 5.56 Å². The first-order valence-corrected chi connectivity index (χ1v) is 6.23. The maximum Gasteiger partial charge on any atom is 0.133 e. The zero-order valence-electron chi connectivity index (χ0n) is 9.89. The Labute approximate surface area is 114 Å². The van der Waals surface area contributed by atoms with Gasteiger partial charge in [0, 0.05) is 16.1 Å². The van der Waals surface area contributed by atoms with E-state index in [1.807, 2.05) is 36.4 Å². The van der Waals surface area contributed by atoms with Crippen molar-refractivity contribution in [3.8, 4) is 17.2 Å². The smallest absolute Gasteiger partial charge is 0.133 e. The number of rotatable bonds is 4. The van der Waals surface area contributed by atoms with Gasteiger partial charge in [0.2, 0.25) is 0 Å². The van der Waals surface area contributed by atoms with Gasteiger partial charge in [-0.1, -0.05) is 22.0 Å². The minimum Gasteiger partial charge on any atom is -0.497 e. The van der Waals surface area contributed by atoms with E-state index in [1.54, 1.807) is 13.2 Å². The molecule has 2 aromatic rings. The summed E-state index contributed by atoms with van der Waals surface area (Å²) in [6.07, 6.45) is 0. The van der Waals surface area contributed by atoms with E-state index < -0.39 is 0 Å². The van der Waals surface area contributed by atoms with Gasteiger partial charge in [0.05, 0.1) is 13.7 Å². The molecule has 2 aromatic carbocycles. The van der Waals surface area contributed by atoms with Crippen molar-refractivity contribution < 1.29 is 14.6 Å². The van der Waals surface area contributed by atoms with Gasteiger partial charge in [-0.25, -0.2) is 0 Å². The topological polar surface area (TPSA) is 38.7 Å². The van der Waals surface area contributed by atoms with Gasteiger partial charge in [0.1, 0.15) is 17.2 Å². The molecular formula is C14H13BrO3. The molecule has 0 unspecified atom stereocenters. The van der Waals surface area contributed by atoms with E-state index in [2.05, 4.69) is 15.9 Å². The number of ether oxygens (including phenoxy) is 2. The molecule has 2 rings (SSSR count). The highest BCUT2D eigenvalue weighted by Crippen LogP contribution is 2.29. The molecule has 0 aliphatic carbocycles. The number of halogens is 1. The van der Waals surface area contributed by atoms with Crippen LogP contribution in [0.3, 0.4) is 0 Å². The van der Waals surface area contributed by atoms with E-state index in [0.717, 1.165) is 15.8 Å². The van der Waals surface area contributed by atoms with Gasteiger partial charge in [0.25, 0.3) is 0 Å². The van der Waals surface area contributed by atoms with Crippen molar-refractivity contribution in [1.29, 1.82) is 0 Å². The molecule has 0 atom stereocenters. The van der Waals surface area contributed by atoms with Crippen molar-refractivity contribution in [2.45, 2.75) is 6.61 Å².